The van der Waals surface area contributed by atoms with Crippen molar-refractivity contribution < 1.29 is 9.52 Å². The number of rotatable bonds is 8. The molecule has 0 bridgehead atoms. The van der Waals surface area contributed by atoms with Crippen LogP contribution >= 0.6 is 0 Å². The number of aliphatic hydroxyl groups excluding tert-OH is 1. The average molecular weight is 239 g/mol. The van der Waals surface area contributed by atoms with Crippen molar-refractivity contribution in [3.63, 3.8) is 0 Å². The van der Waals surface area contributed by atoms with Crippen molar-refractivity contribution in [2.75, 3.05) is 13.2 Å². The molecule has 0 unspecified atom stereocenters. The number of aliphatic hydroxyl groups is 1. The van der Waals surface area contributed by atoms with Crippen LogP contribution in [0.15, 0.2) is 16.5 Å². The molecule has 1 rings (SSSR count). The van der Waals surface area contributed by atoms with E-state index in [1.165, 1.54) is 0 Å². The molecule has 0 spiro atoms. The van der Waals surface area contributed by atoms with Crippen LogP contribution in [0.25, 0.3) is 0 Å². The maximum atomic E-state index is 8.83. The van der Waals surface area contributed by atoms with Gasteiger partial charge in [-0.15, -0.1) is 0 Å². The molecule has 1 heterocycles. The fraction of sp³-hybridized carbons (Fsp3) is 0.714. The Morgan fingerprint density at radius 2 is 2.00 bits per heavy atom. The molecule has 0 amide bonds. The van der Waals surface area contributed by atoms with Gasteiger partial charge in [0.15, 0.2) is 0 Å². The fourth-order valence-electron chi connectivity index (χ4n) is 1.88. The highest BCUT2D eigenvalue weighted by Crippen LogP contribution is 2.21. The Balaban J connectivity index is 2.26. The molecule has 17 heavy (non-hydrogen) atoms. The Hall–Kier alpha value is -0.800. The van der Waals surface area contributed by atoms with Gasteiger partial charge in [0.25, 0.3) is 0 Å². The van der Waals surface area contributed by atoms with E-state index < -0.39 is 0 Å². The van der Waals surface area contributed by atoms with Crippen LogP contribution in [0, 0.1) is 5.41 Å². The van der Waals surface area contributed by atoms with Crippen molar-refractivity contribution >= 4 is 0 Å². The van der Waals surface area contributed by atoms with E-state index in [1.54, 1.807) is 0 Å². The molecule has 0 aromatic carbocycles. The number of hydrogen-bond acceptors (Lipinski definition) is 3. The van der Waals surface area contributed by atoms with Gasteiger partial charge in [0.05, 0.1) is 6.54 Å². The maximum Gasteiger partial charge on any atom is 0.117 e. The van der Waals surface area contributed by atoms with Gasteiger partial charge < -0.3 is 14.8 Å². The number of nitrogens with one attached hydrogen (secondary N) is 1. The average Bonchev–Trinajstić information content (AvgIpc) is 2.74. The SMILES string of the molecule is CCc1ccc(CNCC(C)(C)CCCO)o1. The van der Waals surface area contributed by atoms with Gasteiger partial charge in [0.2, 0.25) is 0 Å². The van der Waals surface area contributed by atoms with Crippen LogP contribution < -0.4 is 5.32 Å². The molecule has 0 fully saturated rings. The van der Waals surface area contributed by atoms with Gasteiger partial charge in [-0.1, -0.05) is 20.8 Å². The minimum absolute atomic E-state index is 0.225. The van der Waals surface area contributed by atoms with Gasteiger partial charge in [-0.2, -0.15) is 0 Å². The standard InChI is InChI=1S/C14H25NO2/c1-4-12-6-7-13(17-12)10-15-11-14(2,3)8-5-9-16/h6-7,15-16H,4-5,8-11H2,1-3H3. The van der Waals surface area contributed by atoms with Crippen LogP contribution in [0.2, 0.25) is 0 Å². The van der Waals surface area contributed by atoms with Gasteiger partial charge in [-0.25, -0.2) is 0 Å². The van der Waals surface area contributed by atoms with Crippen molar-refractivity contribution in [2.24, 2.45) is 5.41 Å². The summed E-state index contributed by atoms with van der Waals surface area (Å²) in [6, 6.07) is 4.07. The zero-order chi connectivity index (χ0) is 12.7. The normalized spacial score (nSPS) is 12.0. The van der Waals surface area contributed by atoms with Crippen molar-refractivity contribution in [3.8, 4) is 0 Å². The summed E-state index contributed by atoms with van der Waals surface area (Å²) in [5, 5.41) is 12.2. The van der Waals surface area contributed by atoms with E-state index in [2.05, 4.69) is 26.1 Å². The van der Waals surface area contributed by atoms with Crippen molar-refractivity contribution in [1.29, 1.82) is 0 Å². The molecule has 1 aromatic heterocycles. The highest BCUT2D eigenvalue weighted by Gasteiger charge is 2.16. The van der Waals surface area contributed by atoms with Crippen LogP contribution in [0.3, 0.4) is 0 Å². The van der Waals surface area contributed by atoms with E-state index in [4.69, 9.17) is 9.52 Å². The Labute approximate surface area is 104 Å². The number of furan rings is 1. The molecule has 0 atom stereocenters. The molecule has 98 valence electrons. The van der Waals surface area contributed by atoms with Gasteiger partial charge >= 0.3 is 0 Å². The Bertz CT molecular complexity index is 318. The van der Waals surface area contributed by atoms with Gasteiger partial charge in [-0.05, 0) is 30.4 Å². The van der Waals surface area contributed by atoms with Crippen LogP contribution in [0.1, 0.15) is 45.1 Å². The Morgan fingerprint density at radius 3 is 2.59 bits per heavy atom. The van der Waals surface area contributed by atoms with Gasteiger partial charge in [0, 0.05) is 19.6 Å². The molecule has 0 aliphatic carbocycles. The summed E-state index contributed by atoms with van der Waals surface area (Å²) in [7, 11) is 0. The molecule has 0 saturated heterocycles. The minimum atomic E-state index is 0.225. The third-order valence-corrected chi connectivity index (χ3v) is 2.98. The highest BCUT2D eigenvalue weighted by molar-refractivity contribution is 5.06. The summed E-state index contributed by atoms with van der Waals surface area (Å²) in [5.41, 5.74) is 0.225. The van der Waals surface area contributed by atoms with Gasteiger partial charge in [-0.3, -0.25) is 0 Å². The summed E-state index contributed by atoms with van der Waals surface area (Å²) >= 11 is 0. The van der Waals surface area contributed by atoms with E-state index >= 15 is 0 Å². The lowest BCUT2D eigenvalue weighted by Crippen LogP contribution is -2.29. The van der Waals surface area contributed by atoms with E-state index in [0.717, 1.165) is 43.9 Å². The largest absolute Gasteiger partial charge is 0.465 e. The summed E-state index contributed by atoms with van der Waals surface area (Å²) < 4.78 is 5.63. The molecule has 2 N–H and O–H groups in total. The second kappa shape index (κ2) is 6.82. The molecule has 0 saturated carbocycles. The molecular weight excluding hydrogens is 214 g/mol. The second-order valence-corrected chi connectivity index (χ2v) is 5.32. The number of aryl methyl sites for hydroxylation is 1. The predicted molar refractivity (Wildman–Crippen MR) is 69.9 cm³/mol. The monoisotopic (exact) mass is 239 g/mol. The number of hydrogen-bond donors (Lipinski definition) is 2. The molecule has 0 aliphatic heterocycles. The molecule has 0 radical (unpaired) electrons. The van der Waals surface area contributed by atoms with E-state index in [-0.39, 0.29) is 12.0 Å². The highest BCUT2D eigenvalue weighted by atomic mass is 16.3. The summed E-state index contributed by atoms with van der Waals surface area (Å²) in [6.07, 6.45) is 2.85. The van der Waals surface area contributed by atoms with Crippen LogP contribution in [0.5, 0.6) is 0 Å². The summed E-state index contributed by atoms with van der Waals surface area (Å²) in [6.45, 7) is 8.53. The molecular formula is C14H25NO2. The Morgan fingerprint density at radius 1 is 1.29 bits per heavy atom. The van der Waals surface area contributed by atoms with Crippen LogP contribution in [-0.4, -0.2) is 18.3 Å². The minimum Gasteiger partial charge on any atom is -0.465 e. The predicted octanol–water partition coefficient (Wildman–Crippen LogP) is 2.73. The van der Waals surface area contributed by atoms with E-state index in [0.29, 0.717) is 0 Å². The zero-order valence-electron chi connectivity index (χ0n) is 11.3. The topological polar surface area (TPSA) is 45.4 Å². The third-order valence-electron chi connectivity index (χ3n) is 2.98. The zero-order valence-corrected chi connectivity index (χ0v) is 11.3. The second-order valence-electron chi connectivity index (χ2n) is 5.32. The van der Waals surface area contributed by atoms with E-state index in [1.807, 2.05) is 12.1 Å². The molecule has 3 nitrogen and oxygen atoms in total. The van der Waals surface area contributed by atoms with Crippen molar-refractivity contribution in [1.82, 2.24) is 5.32 Å². The lowest BCUT2D eigenvalue weighted by molar-refractivity contribution is 0.235. The lowest BCUT2D eigenvalue weighted by Gasteiger charge is -2.24. The quantitative estimate of drug-likeness (QED) is 0.733. The first-order valence-electron chi connectivity index (χ1n) is 6.46. The third kappa shape index (κ3) is 5.37. The fourth-order valence-corrected chi connectivity index (χ4v) is 1.88. The van der Waals surface area contributed by atoms with Crippen molar-refractivity contribution in [3.05, 3.63) is 23.7 Å². The first-order chi connectivity index (χ1) is 8.07. The lowest BCUT2D eigenvalue weighted by atomic mass is 9.88. The first kappa shape index (κ1) is 14.3. The van der Waals surface area contributed by atoms with Crippen LogP contribution in [0.4, 0.5) is 0 Å². The molecule has 1 aromatic rings. The Kier molecular flexibility index (Phi) is 5.72. The smallest absolute Gasteiger partial charge is 0.117 e. The summed E-state index contributed by atoms with van der Waals surface area (Å²) in [4.78, 5) is 0. The van der Waals surface area contributed by atoms with Crippen molar-refractivity contribution in [2.45, 2.75) is 46.6 Å². The van der Waals surface area contributed by atoms with Crippen LogP contribution in [-0.2, 0) is 13.0 Å². The first-order valence-corrected chi connectivity index (χ1v) is 6.46. The van der Waals surface area contributed by atoms with E-state index in [9.17, 15) is 0 Å². The molecule has 3 heteroatoms. The maximum absolute atomic E-state index is 8.83. The molecule has 0 aliphatic rings. The van der Waals surface area contributed by atoms with Gasteiger partial charge in [0.1, 0.15) is 11.5 Å². The summed E-state index contributed by atoms with van der Waals surface area (Å²) in [5.74, 6) is 2.04.